The van der Waals surface area contributed by atoms with E-state index >= 15 is 0 Å². The summed E-state index contributed by atoms with van der Waals surface area (Å²) in [5, 5.41) is 2.82. The van der Waals surface area contributed by atoms with E-state index in [1.165, 1.54) is 12.1 Å². The molecule has 0 unspecified atom stereocenters. The van der Waals surface area contributed by atoms with Crippen molar-refractivity contribution in [3.05, 3.63) is 88.0 Å². The van der Waals surface area contributed by atoms with Crippen LogP contribution in [0.3, 0.4) is 0 Å². The highest BCUT2D eigenvalue weighted by atomic mass is 127. The molecular weight excluding hydrogens is 527 g/mol. The standard InChI is InChI=1S/C23H23IN2O4S/c1-30-21-13-7-18(8-14-21)15-16-25-23(27)17-26(20-11-9-19(24)10-12-20)31(28,29)22-5-3-2-4-6-22/h2-14H,15-17H2,1H3,(H,25,27). The number of methoxy groups -OCH3 is 1. The van der Waals surface area contributed by atoms with Gasteiger partial charge < -0.3 is 10.1 Å². The highest BCUT2D eigenvalue weighted by Gasteiger charge is 2.26. The normalized spacial score (nSPS) is 11.0. The van der Waals surface area contributed by atoms with Gasteiger partial charge in [-0.3, -0.25) is 9.10 Å². The molecular formula is C23H23IN2O4S. The van der Waals surface area contributed by atoms with Crippen LogP contribution in [0.25, 0.3) is 0 Å². The summed E-state index contributed by atoms with van der Waals surface area (Å²) >= 11 is 2.15. The highest BCUT2D eigenvalue weighted by molar-refractivity contribution is 14.1. The van der Waals surface area contributed by atoms with Crippen LogP contribution in [-0.4, -0.2) is 34.5 Å². The molecule has 0 aromatic heterocycles. The summed E-state index contributed by atoms with van der Waals surface area (Å²) in [7, 11) is -2.28. The van der Waals surface area contributed by atoms with Crippen molar-refractivity contribution >= 4 is 44.2 Å². The summed E-state index contributed by atoms with van der Waals surface area (Å²) in [5.41, 5.74) is 1.49. The van der Waals surface area contributed by atoms with Crippen molar-refractivity contribution in [3.63, 3.8) is 0 Å². The van der Waals surface area contributed by atoms with E-state index in [4.69, 9.17) is 4.74 Å². The van der Waals surface area contributed by atoms with Gasteiger partial charge in [-0.15, -0.1) is 0 Å². The first kappa shape index (κ1) is 23.1. The third-order valence-corrected chi connectivity index (χ3v) is 7.14. The smallest absolute Gasteiger partial charge is 0.264 e. The molecule has 162 valence electrons. The molecule has 0 saturated heterocycles. The van der Waals surface area contributed by atoms with Crippen molar-refractivity contribution in [2.24, 2.45) is 0 Å². The van der Waals surface area contributed by atoms with E-state index in [0.29, 0.717) is 18.7 Å². The summed E-state index contributed by atoms with van der Waals surface area (Å²) in [6.45, 7) is 0.0947. The van der Waals surface area contributed by atoms with Crippen LogP contribution < -0.4 is 14.4 Å². The van der Waals surface area contributed by atoms with Crippen molar-refractivity contribution in [1.82, 2.24) is 5.32 Å². The van der Waals surface area contributed by atoms with Crippen molar-refractivity contribution in [2.75, 3.05) is 24.5 Å². The predicted octanol–water partition coefficient (Wildman–Crippen LogP) is 3.85. The molecule has 1 amide bonds. The molecule has 6 nitrogen and oxygen atoms in total. The number of nitrogens with one attached hydrogen (secondary N) is 1. The lowest BCUT2D eigenvalue weighted by atomic mass is 10.1. The van der Waals surface area contributed by atoms with Gasteiger partial charge in [0.2, 0.25) is 5.91 Å². The molecule has 3 rings (SSSR count). The summed E-state index contributed by atoms with van der Waals surface area (Å²) in [6, 6.07) is 22.7. The van der Waals surface area contributed by atoms with Crippen LogP contribution in [0.1, 0.15) is 5.56 Å². The SMILES string of the molecule is COc1ccc(CCNC(=O)CN(c2ccc(I)cc2)S(=O)(=O)c2ccccc2)cc1. The van der Waals surface area contributed by atoms with Gasteiger partial charge in [0.25, 0.3) is 10.0 Å². The molecule has 3 aromatic carbocycles. The number of nitrogens with zero attached hydrogens (tertiary/aromatic N) is 1. The fourth-order valence-corrected chi connectivity index (χ4v) is 4.77. The van der Waals surface area contributed by atoms with Crippen LogP contribution in [-0.2, 0) is 21.2 Å². The predicted molar refractivity (Wildman–Crippen MR) is 130 cm³/mol. The van der Waals surface area contributed by atoms with Gasteiger partial charge in [-0.05, 0) is 83.1 Å². The van der Waals surface area contributed by atoms with E-state index < -0.39 is 10.0 Å². The van der Waals surface area contributed by atoms with Crippen LogP contribution in [0.4, 0.5) is 5.69 Å². The molecule has 31 heavy (non-hydrogen) atoms. The molecule has 0 spiro atoms. The van der Waals surface area contributed by atoms with Gasteiger partial charge in [0, 0.05) is 10.1 Å². The lowest BCUT2D eigenvalue weighted by Crippen LogP contribution is -2.41. The molecule has 0 saturated carbocycles. The Morgan fingerprint density at radius 3 is 2.23 bits per heavy atom. The Bertz CT molecular complexity index is 1100. The van der Waals surface area contributed by atoms with Gasteiger partial charge in [0.15, 0.2) is 0 Å². The second-order valence-electron chi connectivity index (χ2n) is 6.75. The van der Waals surface area contributed by atoms with Crippen molar-refractivity contribution in [3.8, 4) is 5.75 Å². The molecule has 0 fully saturated rings. The van der Waals surface area contributed by atoms with E-state index in [1.807, 2.05) is 36.4 Å². The second kappa shape index (κ2) is 10.6. The van der Waals surface area contributed by atoms with Gasteiger partial charge in [-0.2, -0.15) is 0 Å². The number of amides is 1. The first-order valence-corrected chi connectivity index (χ1v) is 12.1. The quantitative estimate of drug-likeness (QED) is 0.411. The third-order valence-electron chi connectivity index (χ3n) is 4.63. The average molecular weight is 550 g/mol. The fourth-order valence-electron chi connectivity index (χ4n) is 2.97. The molecule has 8 heteroatoms. The Morgan fingerprint density at radius 2 is 1.61 bits per heavy atom. The zero-order valence-electron chi connectivity index (χ0n) is 17.0. The molecule has 0 radical (unpaired) electrons. The van der Waals surface area contributed by atoms with Gasteiger partial charge in [0.1, 0.15) is 12.3 Å². The lowest BCUT2D eigenvalue weighted by molar-refractivity contribution is -0.119. The van der Waals surface area contributed by atoms with Gasteiger partial charge in [0.05, 0.1) is 17.7 Å². The summed E-state index contributed by atoms with van der Waals surface area (Å²) < 4.78 is 33.7. The molecule has 0 aliphatic heterocycles. The number of hydrogen-bond acceptors (Lipinski definition) is 4. The van der Waals surface area contributed by atoms with Gasteiger partial charge in [-0.1, -0.05) is 30.3 Å². The maximum atomic E-state index is 13.2. The summed E-state index contributed by atoms with van der Waals surface area (Å²) in [5.74, 6) is 0.402. The molecule has 1 N–H and O–H groups in total. The van der Waals surface area contributed by atoms with Gasteiger partial charge >= 0.3 is 0 Å². The molecule has 0 aliphatic carbocycles. The number of carbonyl (C=O) groups is 1. The minimum absolute atomic E-state index is 0.139. The third kappa shape index (κ3) is 6.20. The van der Waals surface area contributed by atoms with Crippen LogP contribution in [0, 0.1) is 3.57 Å². The first-order valence-electron chi connectivity index (χ1n) is 9.63. The lowest BCUT2D eigenvalue weighted by Gasteiger charge is -2.24. The average Bonchev–Trinajstić information content (AvgIpc) is 2.79. The molecule has 0 heterocycles. The number of hydrogen-bond donors (Lipinski definition) is 1. The van der Waals surface area contributed by atoms with Crippen molar-refractivity contribution < 1.29 is 17.9 Å². The van der Waals surface area contributed by atoms with Gasteiger partial charge in [-0.25, -0.2) is 8.42 Å². The maximum absolute atomic E-state index is 13.2. The van der Waals surface area contributed by atoms with Crippen LogP contribution in [0.2, 0.25) is 0 Å². The number of rotatable bonds is 9. The maximum Gasteiger partial charge on any atom is 0.264 e. The monoisotopic (exact) mass is 550 g/mol. The van der Waals surface area contributed by atoms with Crippen LogP contribution in [0.5, 0.6) is 5.75 Å². The van der Waals surface area contributed by atoms with E-state index in [0.717, 1.165) is 19.2 Å². The number of carbonyl (C=O) groups excluding carboxylic acids is 1. The van der Waals surface area contributed by atoms with Crippen LogP contribution in [0.15, 0.2) is 83.8 Å². The van der Waals surface area contributed by atoms with Crippen LogP contribution >= 0.6 is 22.6 Å². The summed E-state index contributed by atoms with van der Waals surface area (Å²) in [4.78, 5) is 12.8. The Balaban J connectivity index is 1.72. The Kier molecular flexibility index (Phi) is 7.91. The fraction of sp³-hybridized carbons (Fsp3) is 0.174. The molecule has 0 bridgehead atoms. The topological polar surface area (TPSA) is 75.7 Å². The zero-order chi connectivity index (χ0) is 22.3. The molecule has 0 aliphatic rings. The number of halogens is 1. The Labute approximate surface area is 196 Å². The number of ether oxygens (including phenoxy) is 1. The Hall–Kier alpha value is -2.59. The minimum atomic E-state index is -3.89. The number of sulfonamides is 1. The summed E-state index contributed by atoms with van der Waals surface area (Å²) in [6.07, 6.45) is 0.630. The van der Waals surface area contributed by atoms with Crippen molar-refractivity contribution in [1.29, 1.82) is 0 Å². The van der Waals surface area contributed by atoms with E-state index in [-0.39, 0.29) is 17.3 Å². The number of benzene rings is 3. The number of anilines is 1. The molecule has 3 aromatic rings. The Morgan fingerprint density at radius 1 is 0.968 bits per heavy atom. The van der Waals surface area contributed by atoms with E-state index in [9.17, 15) is 13.2 Å². The van der Waals surface area contributed by atoms with E-state index in [2.05, 4.69) is 27.9 Å². The molecule has 0 atom stereocenters. The second-order valence-corrected chi connectivity index (χ2v) is 9.86. The highest BCUT2D eigenvalue weighted by Crippen LogP contribution is 2.24. The van der Waals surface area contributed by atoms with Crippen molar-refractivity contribution in [2.45, 2.75) is 11.3 Å². The van der Waals surface area contributed by atoms with E-state index in [1.54, 1.807) is 37.4 Å². The zero-order valence-corrected chi connectivity index (χ0v) is 20.0. The minimum Gasteiger partial charge on any atom is -0.497 e. The first-order chi connectivity index (χ1) is 14.9. The largest absolute Gasteiger partial charge is 0.497 e.